The molecule has 5 atom stereocenters. The monoisotopic (exact) mass is 377 g/mol. The van der Waals surface area contributed by atoms with Crippen LogP contribution < -0.4 is 10.1 Å². The average molecular weight is 377 g/mol. The van der Waals surface area contributed by atoms with Crippen LogP contribution in [0.3, 0.4) is 0 Å². The summed E-state index contributed by atoms with van der Waals surface area (Å²) in [5.74, 6) is 1.24. The smallest absolute Gasteiger partial charge is 0.310 e. The number of carbonyl (C=O) groups is 2. The number of anilines is 1. The molecule has 2 aromatic carbocycles. The zero-order valence-corrected chi connectivity index (χ0v) is 16.0. The van der Waals surface area contributed by atoms with Crippen LogP contribution in [0.4, 0.5) is 5.69 Å². The van der Waals surface area contributed by atoms with E-state index in [1.807, 2.05) is 50.2 Å². The first-order chi connectivity index (χ1) is 13.5. The molecule has 5 nitrogen and oxygen atoms in total. The molecule has 2 aromatic rings. The Morgan fingerprint density at radius 3 is 2.46 bits per heavy atom. The first kappa shape index (κ1) is 17.3. The Morgan fingerprint density at radius 2 is 1.75 bits per heavy atom. The fourth-order valence-electron chi connectivity index (χ4n) is 5.32. The van der Waals surface area contributed by atoms with E-state index in [4.69, 9.17) is 9.47 Å². The van der Waals surface area contributed by atoms with Crippen molar-refractivity contribution in [3.8, 4) is 11.5 Å². The summed E-state index contributed by atoms with van der Waals surface area (Å²) in [5.41, 5.74) is 3.01. The van der Waals surface area contributed by atoms with Gasteiger partial charge in [0.05, 0.1) is 11.8 Å². The Balaban J connectivity index is 1.26. The van der Waals surface area contributed by atoms with E-state index in [0.717, 1.165) is 29.7 Å². The summed E-state index contributed by atoms with van der Waals surface area (Å²) in [6.07, 6.45) is 1.81. The molecule has 2 aliphatic carbocycles. The topological polar surface area (TPSA) is 64.6 Å². The molecule has 144 valence electrons. The van der Waals surface area contributed by atoms with Crippen LogP contribution in [0.25, 0.3) is 0 Å². The number of esters is 1. The second kappa shape index (κ2) is 6.36. The van der Waals surface area contributed by atoms with E-state index in [1.54, 1.807) is 0 Å². The van der Waals surface area contributed by atoms with Crippen molar-refractivity contribution in [3.05, 3.63) is 53.6 Å². The number of fused-ring (bicyclic) bond motifs is 1. The van der Waals surface area contributed by atoms with E-state index in [9.17, 15) is 9.59 Å². The number of amides is 1. The standard InChI is InChI=1S/C23H23NO4/c1-12-7-13(2)9-17(8-12)27-16-5-3-15(4-6-16)24-22(25)20-14-10-18-19(11-14)28-23(26)21(18)20/h3-9,14,18-21H,10-11H2,1-2H3,(H,24,25)/t14-,18-,19-,20-,21+/m1/s1. The zero-order chi connectivity index (χ0) is 19.4. The number of nitrogens with one attached hydrogen (secondary N) is 1. The van der Waals surface area contributed by atoms with Gasteiger partial charge in [-0.25, -0.2) is 0 Å². The van der Waals surface area contributed by atoms with Crippen molar-refractivity contribution in [3.63, 3.8) is 0 Å². The molecule has 1 heterocycles. The lowest BCUT2D eigenvalue weighted by molar-refractivity contribution is -0.145. The SMILES string of the molecule is Cc1cc(C)cc(Oc2ccc(NC(=O)[C@@H]3[C@@H]4C[C@H]5[C@@H]3C(=O)O[C@@H]5C4)cc2)c1. The van der Waals surface area contributed by atoms with Crippen LogP contribution in [0, 0.1) is 37.5 Å². The highest BCUT2D eigenvalue weighted by Gasteiger charge is 2.63. The molecule has 1 amide bonds. The molecule has 0 aromatic heterocycles. The van der Waals surface area contributed by atoms with Crippen molar-refractivity contribution >= 4 is 17.6 Å². The van der Waals surface area contributed by atoms with Gasteiger partial charge < -0.3 is 14.8 Å². The second-order valence-corrected chi connectivity index (χ2v) is 8.36. The van der Waals surface area contributed by atoms with Crippen molar-refractivity contribution < 1.29 is 19.1 Å². The number of rotatable bonds is 4. The minimum absolute atomic E-state index is 0.0493. The molecule has 28 heavy (non-hydrogen) atoms. The molecule has 5 heteroatoms. The van der Waals surface area contributed by atoms with Crippen LogP contribution in [-0.2, 0) is 14.3 Å². The fraction of sp³-hybridized carbons (Fsp3) is 0.391. The van der Waals surface area contributed by atoms with Gasteiger partial charge in [0.1, 0.15) is 17.6 Å². The van der Waals surface area contributed by atoms with Crippen LogP contribution in [0.5, 0.6) is 11.5 Å². The van der Waals surface area contributed by atoms with E-state index in [1.165, 1.54) is 0 Å². The minimum Gasteiger partial charge on any atom is -0.462 e. The largest absolute Gasteiger partial charge is 0.462 e. The normalized spacial score (nSPS) is 29.6. The third-order valence-corrected chi connectivity index (χ3v) is 6.34. The molecule has 1 aliphatic heterocycles. The number of ether oxygens (including phenoxy) is 2. The Morgan fingerprint density at radius 1 is 1.04 bits per heavy atom. The maximum absolute atomic E-state index is 12.8. The Hall–Kier alpha value is -2.82. The number of hydrogen-bond acceptors (Lipinski definition) is 4. The lowest BCUT2D eigenvalue weighted by atomic mass is 9.79. The van der Waals surface area contributed by atoms with Crippen molar-refractivity contribution in [1.29, 1.82) is 0 Å². The first-order valence-corrected chi connectivity index (χ1v) is 9.85. The van der Waals surface area contributed by atoms with Crippen LogP contribution in [0.15, 0.2) is 42.5 Å². The van der Waals surface area contributed by atoms with Crippen LogP contribution in [0.2, 0.25) is 0 Å². The van der Waals surface area contributed by atoms with Gasteiger partial charge in [0.2, 0.25) is 5.91 Å². The average Bonchev–Trinajstić information content (AvgIpc) is 3.25. The van der Waals surface area contributed by atoms with Gasteiger partial charge in [0.15, 0.2) is 0 Å². The van der Waals surface area contributed by atoms with Crippen LogP contribution in [0.1, 0.15) is 24.0 Å². The third-order valence-electron chi connectivity index (χ3n) is 6.34. The van der Waals surface area contributed by atoms with Gasteiger partial charge in [-0.2, -0.15) is 0 Å². The number of aryl methyl sites for hydroxylation is 2. The van der Waals surface area contributed by atoms with Gasteiger partial charge in [-0.3, -0.25) is 9.59 Å². The van der Waals surface area contributed by atoms with Crippen LogP contribution in [-0.4, -0.2) is 18.0 Å². The van der Waals surface area contributed by atoms with Gasteiger partial charge in [0.25, 0.3) is 0 Å². The van der Waals surface area contributed by atoms with Gasteiger partial charge in [0, 0.05) is 11.6 Å². The maximum Gasteiger partial charge on any atom is 0.310 e. The Labute approximate surface area is 164 Å². The highest BCUT2D eigenvalue weighted by atomic mass is 16.6. The van der Waals surface area contributed by atoms with E-state index in [2.05, 4.69) is 11.4 Å². The molecule has 3 aliphatic rings. The van der Waals surface area contributed by atoms with Crippen molar-refractivity contribution in [1.82, 2.24) is 0 Å². The maximum atomic E-state index is 12.8. The zero-order valence-electron chi connectivity index (χ0n) is 16.0. The summed E-state index contributed by atoms with van der Waals surface area (Å²) in [7, 11) is 0. The van der Waals surface area contributed by atoms with E-state index in [-0.39, 0.29) is 41.7 Å². The third kappa shape index (κ3) is 2.86. The quantitative estimate of drug-likeness (QED) is 0.810. The van der Waals surface area contributed by atoms with Gasteiger partial charge in [-0.15, -0.1) is 0 Å². The van der Waals surface area contributed by atoms with Gasteiger partial charge in [-0.1, -0.05) is 6.07 Å². The summed E-state index contributed by atoms with van der Waals surface area (Å²) in [5, 5.41) is 2.98. The lowest BCUT2D eigenvalue weighted by Gasteiger charge is -2.23. The van der Waals surface area contributed by atoms with Gasteiger partial charge >= 0.3 is 5.97 Å². The molecular formula is C23H23NO4. The first-order valence-electron chi connectivity index (χ1n) is 9.85. The summed E-state index contributed by atoms with van der Waals surface area (Å²) in [6.45, 7) is 4.08. The predicted molar refractivity (Wildman–Crippen MR) is 104 cm³/mol. The van der Waals surface area contributed by atoms with E-state index in [0.29, 0.717) is 11.4 Å². The van der Waals surface area contributed by atoms with Crippen molar-refractivity contribution in [2.24, 2.45) is 23.7 Å². The highest BCUT2D eigenvalue weighted by molar-refractivity contribution is 5.97. The Bertz CT molecular complexity index is 929. The second-order valence-electron chi connectivity index (χ2n) is 8.36. The van der Waals surface area contributed by atoms with Crippen molar-refractivity contribution in [2.45, 2.75) is 32.8 Å². The minimum atomic E-state index is -0.262. The van der Waals surface area contributed by atoms with Gasteiger partial charge in [-0.05, 0) is 80.1 Å². The molecule has 1 N–H and O–H groups in total. The predicted octanol–water partition coefficient (Wildman–Crippen LogP) is 4.23. The van der Waals surface area contributed by atoms with E-state index < -0.39 is 0 Å². The fourth-order valence-corrected chi connectivity index (χ4v) is 5.32. The van der Waals surface area contributed by atoms with E-state index >= 15 is 0 Å². The van der Waals surface area contributed by atoms with Crippen LogP contribution >= 0.6 is 0 Å². The molecule has 0 unspecified atom stereocenters. The van der Waals surface area contributed by atoms with Crippen molar-refractivity contribution in [2.75, 3.05) is 5.32 Å². The number of carbonyl (C=O) groups excluding carboxylic acids is 2. The molecular weight excluding hydrogens is 354 g/mol. The molecule has 2 saturated carbocycles. The summed E-state index contributed by atoms with van der Waals surface area (Å²) in [6, 6.07) is 13.4. The molecule has 0 spiro atoms. The summed E-state index contributed by atoms with van der Waals surface area (Å²) < 4.78 is 11.3. The Kier molecular flexibility index (Phi) is 3.93. The lowest BCUT2D eigenvalue weighted by Crippen LogP contribution is -2.35. The summed E-state index contributed by atoms with van der Waals surface area (Å²) >= 11 is 0. The molecule has 0 radical (unpaired) electrons. The molecule has 3 fully saturated rings. The molecule has 2 bridgehead atoms. The summed E-state index contributed by atoms with van der Waals surface area (Å²) in [4.78, 5) is 24.9. The molecule has 1 saturated heterocycles. The number of hydrogen-bond donors (Lipinski definition) is 1. The molecule has 5 rings (SSSR count). The highest BCUT2D eigenvalue weighted by Crippen LogP contribution is 2.57. The number of benzene rings is 2.